The lowest BCUT2D eigenvalue weighted by Crippen LogP contribution is -2.18. The highest BCUT2D eigenvalue weighted by molar-refractivity contribution is 6.32. The van der Waals surface area contributed by atoms with Crippen molar-refractivity contribution in [2.24, 2.45) is 5.92 Å². The quantitative estimate of drug-likeness (QED) is 0.732. The monoisotopic (exact) mass is 278 g/mol. The largest absolute Gasteiger partial charge is 0.454 e. The molecule has 1 fully saturated rings. The van der Waals surface area contributed by atoms with E-state index >= 15 is 0 Å². The molecule has 2 aliphatic rings. The molecule has 0 bridgehead atoms. The molecule has 0 spiro atoms. The zero-order valence-electron chi connectivity index (χ0n) is 10.7. The number of hydrogen-bond donors (Lipinski definition) is 0. The van der Waals surface area contributed by atoms with Crippen molar-refractivity contribution in [3.05, 3.63) is 28.3 Å². The van der Waals surface area contributed by atoms with Gasteiger partial charge in [-0.15, -0.1) is 0 Å². The maximum Gasteiger partial charge on any atom is 0.231 e. The van der Waals surface area contributed by atoms with Crippen molar-refractivity contribution in [3.63, 3.8) is 0 Å². The molecule has 1 aromatic carbocycles. The Bertz CT molecular complexity index is 563. The minimum Gasteiger partial charge on any atom is -0.454 e. The zero-order chi connectivity index (χ0) is 13.4. The van der Waals surface area contributed by atoms with Crippen molar-refractivity contribution in [2.45, 2.75) is 26.2 Å². The maximum absolute atomic E-state index is 12.1. The third kappa shape index (κ3) is 2.35. The summed E-state index contributed by atoms with van der Waals surface area (Å²) in [5, 5.41) is 0.526. The van der Waals surface area contributed by atoms with Crippen LogP contribution in [0.4, 0.5) is 0 Å². The first-order valence-electron chi connectivity index (χ1n) is 6.49. The fraction of sp³-hybridized carbons (Fsp3) is 0.400. The van der Waals surface area contributed by atoms with Gasteiger partial charge in [0.2, 0.25) is 6.79 Å². The molecule has 0 N–H and O–H groups in total. The Morgan fingerprint density at radius 2 is 2.21 bits per heavy atom. The number of fused-ring (bicyclic) bond motifs is 1. The summed E-state index contributed by atoms with van der Waals surface area (Å²) in [4.78, 5) is 12.1. The summed E-state index contributed by atoms with van der Waals surface area (Å²) in [6.45, 7) is 2.19. The van der Waals surface area contributed by atoms with E-state index in [2.05, 4.69) is 0 Å². The van der Waals surface area contributed by atoms with Crippen molar-refractivity contribution in [1.29, 1.82) is 0 Å². The number of carbonyl (C=O) groups excluding carboxylic acids is 1. The van der Waals surface area contributed by atoms with Crippen LogP contribution in [-0.2, 0) is 4.79 Å². The molecule has 0 amide bonds. The van der Waals surface area contributed by atoms with E-state index in [-0.39, 0.29) is 18.5 Å². The molecule has 0 saturated heterocycles. The third-order valence-corrected chi connectivity index (χ3v) is 3.92. The van der Waals surface area contributed by atoms with Gasteiger partial charge in [0.1, 0.15) is 0 Å². The van der Waals surface area contributed by atoms with Crippen LogP contribution in [0.1, 0.15) is 31.7 Å². The molecule has 3 rings (SSSR count). The van der Waals surface area contributed by atoms with Crippen LogP contribution in [0.25, 0.3) is 6.08 Å². The highest BCUT2D eigenvalue weighted by Crippen LogP contribution is 2.40. The van der Waals surface area contributed by atoms with Crippen molar-refractivity contribution < 1.29 is 14.3 Å². The number of allylic oxidation sites excluding steroid dienone is 1. The average Bonchev–Trinajstić information content (AvgIpc) is 2.84. The van der Waals surface area contributed by atoms with Crippen LogP contribution in [-0.4, -0.2) is 12.6 Å². The van der Waals surface area contributed by atoms with Gasteiger partial charge in [-0.25, -0.2) is 0 Å². The van der Waals surface area contributed by atoms with Crippen LogP contribution < -0.4 is 9.47 Å². The first kappa shape index (κ1) is 12.5. The predicted octanol–water partition coefficient (Wildman–Crippen LogP) is 3.84. The van der Waals surface area contributed by atoms with E-state index in [9.17, 15) is 4.79 Å². The maximum atomic E-state index is 12.1. The molecule has 1 aliphatic carbocycles. The number of benzene rings is 1. The summed E-state index contributed by atoms with van der Waals surface area (Å²) in [6, 6.07) is 3.68. The second-order valence-electron chi connectivity index (χ2n) is 5.06. The predicted molar refractivity (Wildman–Crippen MR) is 73.6 cm³/mol. The fourth-order valence-electron chi connectivity index (χ4n) is 2.58. The van der Waals surface area contributed by atoms with E-state index in [0.29, 0.717) is 16.5 Å². The molecule has 100 valence electrons. The first-order chi connectivity index (χ1) is 9.15. The van der Waals surface area contributed by atoms with Crippen molar-refractivity contribution >= 4 is 23.5 Å². The Hall–Kier alpha value is -1.48. The lowest BCUT2D eigenvalue weighted by Gasteiger charge is -2.19. The van der Waals surface area contributed by atoms with Crippen molar-refractivity contribution in [1.82, 2.24) is 0 Å². The Balaban J connectivity index is 1.95. The van der Waals surface area contributed by atoms with Gasteiger partial charge in [-0.3, -0.25) is 4.79 Å². The van der Waals surface area contributed by atoms with Gasteiger partial charge in [0.25, 0.3) is 0 Å². The molecule has 1 atom stereocenters. The molecule has 0 unspecified atom stereocenters. The van der Waals surface area contributed by atoms with E-state index in [0.717, 1.165) is 30.4 Å². The van der Waals surface area contributed by atoms with Crippen molar-refractivity contribution in [3.8, 4) is 11.5 Å². The van der Waals surface area contributed by atoms with Crippen LogP contribution in [0.2, 0.25) is 5.02 Å². The Labute approximate surface area is 117 Å². The number of ketones is 1. The Morgan fingerprint density at radius 1 is 1.37 bits per heavy atom. The van der Waals surface area contributed by atoms with Gasteiger partial charge in [-0.2, -0.15) is 0 Å². The first-order valence-corrected chi connectivity index (χ1v) is 6.87. The molecule has 4 heteroatoms. The smallest absolute Gasteiger partial charge is 0.231 e. The highest BCUT2D eigenvalue weighted by atomic mass is 35.5. The fourth-order valence-corrected chi connectivity index (χ4v) is 2.86. The average molecular weight is 279 g/mol. The van der Waals surface area contributed by atoms with Gasteiger partial charge in [0.15, 0.2) is 17.3 Å². The molecular weight excluding hydrogens is 264 g/mol. The molecule has 0 aromatic heterocycles. The lowest BCUT2D eigenvalue weighted by molar-refractivity contribution is -0.119. The molecule has 1 heterocycles. The Kier molecular flexibility index (Phi) is 3.23. The summed E-state index contributed by atoms with van der Waals surface area (Å²) in [7, 11) is 0. The summed E-state index contributed by atoms with van der Waals surface area (Å²) in [6.07, 6.45) is 4.82. The molecule has 1 aromatic rings. The van der Waals surface area contributed by atoms with Crippen LogP contribution in [0.3, 0.4) is 0 Å². The van der Waals surface area contributed by atoms with Crippen LogP contribution in [0.15, 0.2) is 17.7 Å². The summed E-state index contributed by atoms with van der Waals surface area (Å²) < 4.78 is 10.6. The number of carbonyl (C=O) groups is 1. The van der Waals surface area contributed by atoms with Crippen LogP contribution in [0, 0.1) is 5.92 Å². The minimum atomic E-state index is 0.129. The number of ether oxygens (including phenoxy) is 2. The molecule has 0 radical (unpaired) electrons. The summed E-state index contributed by atoms with van der Waals surface area (Å²) >= 11 is 6.14. The molecular formula is C15H15ClO3. The van der Waals surface area contributed by atoms with Gasteiger partial charge in [-0.05, 0) is 48.6 Å². The van der Waals surface area contributed by atoms with Gasteiger partial charge >= 0.3 is 0 Å². The topological polar surface area (TPSA) is 35.5 Å². The van der Waals surface area contributed by atoms with Gasteiger partial charge in [0, 0.05) is 5.92 Å². The molecule has 1 saturated carbocycles. The van der Waals surface area contributed by atoms with Gasteiger partial charge < -0.3 is 9.47 Å². The van der Waals surface area contributed by atoms with E-state index in [1.54, 1.807) is 0 Å². The highest BCUT2D eigenvalue weighted by Gasteiger charge is 2.23. The second-order valence-corrected chi connectivity index (χ2v) is 5.47. The lowest BCUT2D eigenvalue weighted by atomic mass is 9.84. The zero-order valence-corrected chi connectivity index (χ0v) is 11.5. The summed E-state index contributed by atoms with van der Waals surface area (Å²) in [5.74, 6) is 1.62. The third-order valence-electron chi connectivity index (χ3n) is 3.64. The second kappa shape index (κ2) is 4.89. The van der Waals surface area contributed by atoms with Gasteiger partial charge in [-0.1, -0.05) is 18.5 Å². The number of rotatable bonds is 1. The number of hydrogen-bond acceptors (Lipinski definition) is 3. The van der Waals surface area contributed by atoms with Crippen molar-refractivity contribution in [2.75, 3.05) is 6.79 Å². The summed E-state index contributed by atoms with van der Waals surface area (Å²) in [5.41, 5.74) is 1.78. The molecule has 1 aliphatic heterocycles. The number of Topliss-reactive ketones (excluding diaryl/α,β-unsaturated/α-hetero) is 1. The molecule has 3 nitrogen and oxygen atoms in total. The van der Waals surface area contributed by atoms with Crippen LogP contribution in [0.5, 0.6) is 11.5 Å². The van der Waals surface area contributed by atoms with E-state index < -0.39 is 0 Å². The van der Waals surface area contributed by atoms with E-state index in [4.69, 9.17) is 21.1 Å². The standard InChI is InChI=1S/C15H15ClO3/c1-9-3-2-4-11(14(9)17)5-10-6-12(16)15-13(7-10)18-8-19-15/h5-7,9H,2-4,8H2,1H3/t9-/m0/s1. The minimum absolute atomic E-state index is 0.129. The van der Waals surface area contributed by atoms with Gasteiger partial charge in [0.05, 0.1) is 5.02 Å². The molecule has 19 heavy (non-hydrogen) atoms. The van der Waals surface area contributed by atoms with E-state index in [1.807, 2.05) is 25.1 Å². The number of halogens is 1. The Morgan fingerprint density at radius 3 is 3.05 bits per heavy atom. The SMILES string of the molecule is C[C@H]1CCCC(=Cc2cc(Cl)c3c(c2)OCO3)C1=O. The normalized spacial score (nSPS) is 24.0. The van der Waals surface area contributed by atoms with Crippen LogP contribution >= 0.6 is 11.6 Å². The van der Waals surface area contributed by atoms with E-state index in [1.165, 1.54) is 0 Å².